The van der Waals surface area contributed by atoms with Crippen LogP contribution in [0.15, 0.2) is 23.2 Å². The number of hydrogen-bond acceptors (Lipinski definition) is 3. The largest absolute Gasteiger partial charge is 0.357 e. The van der Waals surface area contributed by atoms with Crippen molar-refractivity contribution in [3.05, 3.63) is 46.8 Å². The molecule has 0 saturated heterocycles. The van der Waals surface area contributed by atoms with Gasteiger partial charge in [0.15, 0.2) is 11.8 Å². The average molecular weight is 358 g/mol. The third kappa shape index (κ3) is 4.59. The van der Waals surface area contributed by atoms with E-state index < -0.39 is 0 Å². The normalized spacial score (nSPS) is 14.7. The van der Waals surface area contributed by atoms with Crippen LogP contribution in [0.5, 0.6) is 0 Å². The fourth-order valence-corrected chi connectivity index (χ4v) is 3.16. The Morgan fingerprint density at radius 1 is 1.23 bits per heavy atom. The van der Waals surface area contributed by atoms with Crippen LogP contribution in [0.25, 0.3) is 0 Å². The molecule has 0 amide bonds. The lowest BCUT2D eigenvalue weighted by Gasteiger charge is -2.12. The molecule has 2 heterocycles. The number of rotatable bonds is 5. The fraction of sp³-hybridized carbons (Fsp3) is 0.526. The number of guanidine groups is 1. The Morgan fingerprint density at radius 2 is 2.12 bits per heavy atom. The topological polar surface area (TPSA) is 67.1 Å². The van der Waals surface area contributed by atoms with Crippen molar-refractivity contribution in [3.8, 4) is 0 Å². The zero-order valence-electron chi connectivity index (χ0n) is 15.6. The number of halogens is 1. The molecule has 1 aliphatic heterocycles. The second-order valence-corrected chi connectivity index (χ2v) is 6.63. The number of hydrogen-bond donors (Lipinski definition) is 2. The third-order valence-electron chi connectivity index (χ3n) is 4.59. The van der Waals surface area contributed by atoms with Crippen molar-refractivity contribution in [2.24, 2.45) is 4.99 Å². The summed E-state index contributed by atoms with van der Waals surface area (Å²) in [4.78, 5) is 4.60. The SMILES string of the molecule is CCNC(=NCc1ccc(F)c(C)c1)NCc1nnc2n1CCCCC2. The zero-order chi connectivity index (χ0) is 18.4. The number of benzene rings is 1. The van der Waals surface area contributed by atoms with Gasteiger partial charge in [0, 0.05) is 19.5 Å². The molecular weight excluding hydrogens is 331 g/mol. The van der Waals surface area contributed by atoms with Crippen LogP contribution in [0, 0.1) is 12.7 Å². The molecule has 0 radical (unpaired) electrons. The molecular formula is C19H27FN6. The van der Waals surface area contributed by atoms with Gasteiger partial charge >= 0.3 is 0 Å². The first-order valence-electron chi connectivity index (χ1n) is 9.35. The van der Waals surface area contributed by atoms with E-state index in [1.54, 1.807) is 13.0 Å². The fourth-order valence-electron chi connectivity index (χ4n) is 3.16. The van der Waals surface area contributed by atoms with Crippen LogP contribution in [0.4, 0.5) is 4.39 Å². The van der Waals surface area contributed by atoms with Crippen molar-refractivity contribution in [1.29, 1.82) is 0 Å². The summed E-state index contributed by atoms with van der Waals surface area (Å²) in [6.07, 6.45) is 4.62. The monoisotopic (exact) mass is 358 g/mol. The Hall–Kier alpha value is -2.44. The molecule has 7 heteroatoms. The molecule has 0 saturated carbocycles. The predicted octanol–water partition coefficient (Wildman–Crippen LogP) is 2.71. The highest BCUT2D eigenvalue weighted by molar-refractivity contribution is 5.79. The van der Waals surface area contributed by atoms with Gasteiger partial charge in [-0.3, -0.25) is 0 Å². The first-order valence-corrected chi connectivity index (χ1v) is 9.35. The number of aromatic nitrogens is 3. The van der Waals surface area contributed by atoms with Gasteiger partial charge in [0.1, 0.15) is 11.6 Å². The number of aryl methyl sites for hydroxylation is 2. The highest BCUT2D eigenvalue weighted by atomic mass is 19.1. The molecule has 0 unspecified atom stereocenters. The van der Waals surface area contributed by atoms with Gasteiger partial charge in [-0.25, -0.2) is 9.38 Å². The Morgan fingerprint density at radius 3 is 2.92 bits per heavy atom. The molecule has 26 heavy (non-hydrogen) atoms. The van der Waals surface area contributed by atoms with Crippen molar-refractivity contribution in [3.63, 3.8) is 0 Å². The van der Waals surface area contributed by atoms with Crippen molar-refractivity contribution in [2.45, 2.75) is 59.2 Å². The lowest BCUT2D eigenvalue weighted by atomic mass is 10.1. The number of aliphatic imine (C=N–C) groups is 1. The summed E-state index contributed by atoms with van der Waals surface area (Å²) in [6.45, 7) is 6.63. The van der Waals surface area contributed by atoms with E-state index in [2.05, 4.69) is 30.4 Å². The number of nitrogens with zero attached hydrogens (tertiary/aromatic N) is 4. The molecule has 1 aromatic carbocycles. The summed E-state index contributed by atoms with van der Waals surface area (Å²) in [5.41, 5.74) is 1.62. The van der Waals surface area contributed by atoms with Crippen LogP contribution in [0.2, 0.25) is 0 Å². The van der Waals surface area contributed by atoms with E-state index in [1.165, 1.54) is 25.3 Å². The molecule has 6 nitrogen and oxygen atoms in total. The molecule has 140 valence electrons. The van der Waals surface area contributed by atoms with E-state index >= 15 is 0 Å². The van der Waals surface area contributed by atoms with E-state index in [-0.39, 0.29) is 5.82 Å². The molecule has 1 aliphatic rings. The van der Waals surface area contributed by atoms with Crippen LogP contribution < -0.4 is 10.6 Å². The van der Waals surface area contributed by atoms with Crippen LogP contribution in [-0.2, 0) is 26.1 Å². The maximum atomic E-state index is 13.4. The number of fused-ring (bicyclic) bond motifs is 1. The van der Waals surface area contributed by atoms with Gasteiger partial charge in [0.25, 0.3) is 0 Å². The van der Waals surface area contributed by atoms with Crippen molar-refractivity contribution in [1.82, 2.24) is 25.4 Å². The van der Waals surface area contributed by atoms with Gasteiger partial charge in [-0.2, -0.15) is 0 Å². The van der Waals surface area contributed by atoms with Gasteiger partial charge < -0.3 is 15.2 Å². The molecule has 0 spiro atoms. The van der Waals surface area contributed by atoms with Crippen LogP contribution in [-0.4, -0.2) is 27.3 Å². The van der Waals surface area contributed by atoms with Gasteiger partial charge in [-0.15, -0.1) is 10.2 Å². The minimum Gasteiger partial charge on any atom is -0.357 e. The van der Waals surface area contributed by atoms with Crippen LogP contribution in [0.3, 0.4) is 0 Å². The van der Waals surface area contributed by atoms with E-state index in [9.17, 15) is 4.39 Å². The summed E-state index contributed by atoms with van der Waals surface area (Å²) in [5.74, 6) is 2.57. The molecule has 0 aliphatic carbocycles. The van der Waals surface area contributed by atoms with Crippen molar-refractivity contribution >= 4 is 5.96 Å². The summed E-state index contributed by atoms with van der Waals surface area (Å²) in [7, 11) is 0. The molecule has 0 bridgehead atoms. The van der Waals surface area contributed by atoms with Crippen molar-refractivity contribution in [2.75, 3.05) is 6.54 Å². The summed E-state index contributed by atoms with van der Waals surface area (Å²) >= 11 is 0. The maximum absolute atomic E-state index is 13.4. The summed E-state index contributed by atoms with van der Waals surface area (Å²) < 4.78 is 15.6. The predicted molar refractivity (Wildman–Crippen MR) is 100 cm³/mol. The molecule has 0 fully saturated rings. The standard InChI is InChI=1S/C19H27FN6/c1-3-21-19(22-12-15-8-9-16(20)14(2)11-15)23-13-18-25-24-17-7-5-4-6-10-26(17)18/h8-9,11H,3-7,10,12-13H2,1-2H3,(H2,21,22,23). The van der Waals surface area contributed by atoms with E-state index in [0.717, 1.165) is 42.7 Å². The number of nitrogens with one attached hydrogen (secondary N) is 2. The van der Waals surface area contributed by atoms with Crippen LogP contribution >= 0.6 is 0 Å². The molecule has 0 atom stereocenters. The van der Waals surface area contributed by atoms with Gasteiger partial charge in [-0.1, -0.05) is 18.6 Å². The Kier molecular flexibility index (Phi) is 6.20. The Bertz CT molecular complexity index is 767. The second-order valence-electron chi connectivity index (χ2n) is 6.63. The lowest BCUT2D eigenvalue weighted by molar-refractivity contribution is 0.596. The Balaban J connectivity index is 1.65. The average Bonchev–Trinajstić information content (AvgIpc) is 2.86. The highest BCUT2D eigenvalue weighted by Gasteiger charge is 2.14. The molecule has 3 rings (SSSR count). The highest BCUT2D eigenvalue weighted by Crippen LogP contribution is 2.14. The van der Waals surface area contributed by atoms with E-state index in [0.29, 0.717) is 18.7 Å². The lowest BCUT2D eigenvalue weighted by Crippen LogP contribution is -2.37. The van der Waals surface area contributed by atoms with Crippen LogP contribution in [0.1, 0.15) is 49.0 Å². The van der Waals surface area contributed by atoms with E-state index in [4.69, 9.17) is 0 Å². The second kappa shape index (κ2) is 8.78. The van der Waals surface area contributed by atoms with Gasteiger partial charge in [0.2, 0.25) is 0 Å². The minimum atomic E-state index is -0.185. The van der Waals surface area contributed by atoms with E-state index in [1.807, 2.05) is 13.0 Å². The molecule has 2 aromatic rings. The van der Waals surface area contributed by atoms with Gasteiger partial charge in [-0.05, 0) is 43.9 Å². The smallest absolute Gasteiger partial charge is 0.191 e. The Labute approximate surface area is 153 Å². The van der Waals surface area contributed by atoms with Gasteiger partial charge in [0.05, 0.1) is 13.1 Å². The molecule has 2 N–H and O–H groups in total. The third-order valence-corrected chi connectivity index (χ3v) is 4.59. The maximum Gasteiger partial charge on any atom is 0.191 e. The summed E-state index contributed by atoms with van der Waals surface area (Å²) in [5, 5.41) is 15.2. The minimum absolute atomic E-state index is 0.185. The zero-order valence-corrected chi connectivity index (χ0v) is 15.6. The first-order chi connectivity index (χ1) is 12.7. The summed E-state index contributed by atoms with van der Waals surface area (Å²) in [6, 6.07) is 5.10. The quantitative estimate of drug-likeness (QED) is 0.637. The first kappa shape index (κ1) is 18.4. The molecule has 1 aromatic heterocycles. The van der Waals surface area contributed by atoms with Crippen molar-refractivity contribution < 1.29 is 4.39 Å².